The molecule has 0 aliphatic heterocycles. The molecule has 2 aromatic carbocycles. The molecule has 8 heteroatoms. The summed E-state index contributed by atoms with van der Waals surface area (Å²) in [5.74, 6) is -1.45. The van der Waals surface area contributed by atoms with E-state index in [4.69, 9.17) is 16.3 Å². The number of nitrogens with one attached hydrogen (secondary N) is 1. The molecule has 1 fully saturated rings. The van der Waals surface area contributed by atoms with Crippen LogP contribution < -0.4 is 5.32 Å². The minimum Gasteiger partial charge on any atom is -0.443 e. The molecule has 3 rings (SSSR count). The summed E-state index contributed by atoms with van der Waals surface area (Å²) in [5, 5.41) is 14.1. The number of esters is 1. The van der Waals surface area contributed by atoms with E-state index in [1.165, 1.54) is 6.07 Å². The van der Waals surface area contributed by atoms with Gasteiger partial charge in [-0.05, 0) is 25.0 Å². The number of amides is 1. The lowest BCUT2D eigenvalue weighted by Crippen LogP contribution is -2.33. The number of carbonyl (C=O) groups is 2. The normalized spacial score (nSPS) is 14.3. The Labute approximate surface area is 154 Å². The van der Waals surface area contributed by atoms with Gasteiger partial charge in [-0.3, -0.25) is 14.9 Å². The van der Waals surface area contributed by atoms with Crippen LogP contribution in [0.5, 0.6) is 0 Å². The second-order valence-electron chi connectivity index (χ2n) is 5.90. The first-order chi connectivity index (χ1) is 12.5. The first kappa shape index (κ1) is 17.9. The van der Waals surface area contributed by atoms with Crippen molar-refractivity contribution in [2.75, 3.05) is 0 Å². The molecule has 7 nitrogen and oxygen atoms in total. The molecule has 0 heterocycles. The highest BCUT2D eigenvalue weighted by Gasteiger charge is 2.32. The minimum absolute atomic E-state index is 0.0768. The Morgan fingerprint density at radius 2 is 1.88 bits per heavy atom. The lowest BCUT2D eigenvalue weighted by atomic mass is 10.1. The highest BCUT2D eigenvalue weighted by molar-refractivity contribution is 6.31. The standard InChI is InChI=1S/C18H15ClN2O5/c19-12-6-9-15(21(24)25)14(10-12)18(23)26-16(11-4-2-1-3-5-11)17(22)20-13-7-8-13/h1-6,9-10,13,16H,7-8H2,(H,20,22)/t16-/m0/s1. The summed E-state index contributed by atoms with van der Waals surface area (Å²) < 4.78 is 5.34. The lowest BCUT2D eigenvalue weighted by Gasteiger charge is -2.18. The average molecular weight is 375 g/mol. The van der Waals surface area contributed by atoms with E-state index in [2.05, 4.69) is 5.32 Å². The molecule has 0 saturated heterocycles. The van der Waals surface area contributed by atoms with Crippen molar-refractivity contribution in [2.45, 2.75) is 25.0 Å². The zero-order chi connectivity index (χ0) is 18.7. The van der Waals surface area contributed by atoms with Gasteiger partial charge in [0.2, 0.25) is 6.10 Å². The van der Waals surface area contributed by atoms with Crippen molar-refractivity contribution in [3.05, 3.63) is 74.8 Å². The molecule has 1 atom stereocenters. The Morgan fingerprint density at radius 3 is 2.50 bits per heavy atom. The molecule has 1 N–H and O–H groups in total. The van der Waals surface area contributed by atoms with E-state index < -0.39 is 28.6 Å². The molecular formula is C18H15ClN2O5. The van der Waals surface area contributed by atoms with Gasteiger partial charge >= 0.3 is 5.97 Å². The highest BCUT2D eigenvalue weighted by atomic mass is 35.5. The molecule has 1 saturated carbocycles. The molecule has 1 aliphatic carbocycles. The summed E-state index contributed by atoms with van der Waals surface area (Å²) in [7, 11) is 0. The van der Waals surface area contributed by atoms with Crippen LogP contribution in [0.25, 0.3) is 0 Å². The van der Waals surface area contributed by atoms with Gasteiger partial charge in [0.05, 0.1) is 4.92 Å². The zero-order valence-corrected chi connectivity index (χ0v) is 14.3. The summed E-state index contributed by atoms with van der Waals surface area (Å²) in [6.45, 7) is 0. The Balaban J connectivity index is 1.89. The van der Waals surface area contributed by atoms with Gasteiger partial charge in [-0.15, -0.1) is 0 Å². The fraction of sp³-hybridized carbons (Fsp3) is 0.222. The largest absolute Gasteiger partial charge is 0.443 e. The first-order valence-electron chi connectivity index (χ1n) is 7.96. The smallest absolute Gasteiger partial charge is 0.346 e. The third kappa shape index (κ3) is 4.18. The van der Waals surface area contributed by atoms with Gasteiger partial charge < -0.3 is 10.1 Å². The van der Waals surface area contributed by atoms with Gasteiger partial charge in [-0.25, -0.2) is 4.79 Å². The topological polar surface area (TPSA) is 98.5 Å². The van der Waals surface area contributed by atoms with Crippen LogP contribution in [-0.2, 0) is 9.53 Å². The molecular weight excluding hydrogens is 360 g/mol. The highest BCUT2D eigenvalue weighted by Crippen LogP contribution is 2.27. The number of hydrogen-bond donors (Lipinski definition) is 1. The summed E-state index contributed by atoms with van der Waals surface area (Å²) in [4.78, 5) is 35.5. The quantitative estimate of drug-likeness (QED) is 0.474. The van der Waals surface area contributed by atoms with Crippen molar-refractivity contribution in [1.29, 1.82) is 0 Å². The maximum atomic E-state index is 12.5. The first-order valence-corrected chi connectivity index (χ1v) is 8.34. The number of rotatable bonds is 6. The van der Waals surface area contributed by atoms with Gasteiger partial charge in [-0.2, -0.15) is 0 Å². The van der Waals surface area contributed by atoms with Gasteiger partial charge in [-0.1, -0.05) is 41.9 Å². The molecule has 0 radical (unpaired) electrons. The lowest BCUT2D eigenvalue weighted by molar-refractivity contribution is -0.385. The van der Waals surface area contributed by atoms with Crippen LogP contribution in [0.2, 0.25) is 5.02 Å². The predicted octanol–water partition coefficient (Wildman–Crippen LogP) is 3.42. The average Bonchev–Trinajstić information content (AvgIpc) is 3.43. The number of ether oxygens (including phenoxy) is 1. The number of nitrogens with zero attached hydrogens (tertiary/aromatic N) is 1. The van der Waals surface area contributed by atoms with Crippen LogP contribution in [0, 0.1) is 10.1 Å². The van der Waals surface area contributed by atoms with Crippen LogP contribution in [-0.4, -0.2) is 22.8 Å². The van der Waals surface area contributed by atoms with E-state index >= 15 is 0 Å². The molecule has 0 bridgehead atoms. The zero-order valence-electron chi connectivity index (χ0n) is 13.6. The van der Waals surface area contributed by atoms with Crippen LogP contribution >= 0.6 is 11.6 Å². The van der Waals surface area contributed by atoms with Crippen molar-refractivity contribution in [2.24, 2.45) is 0 Å². The van der Waals surface area contributed by atoms with E-state index in [0.717, 1.165) is 25.0 Å². The molecule has 2 aromatic rings. The Hall–Kier alpha value is -2.93. The van der Waals surface area contributed by atoms with Crippen molar-refractivity contribution in [1.82, 2.24) is 5.32 Å². The second kappa shape index (κ2) is 7.53. The molecule has 0 spiro atoms. The number of halogens is 1. The van der Waals surface area contributed by atoms with Crippen LogP contribution in [0.1, 0.15) is 34.9 Å². The van der Waals surface area contributed by atoms with Crippen molar-refractivity contribution < 1.29 is 19.2 Å². The predicted molar refractivity (Wildman–Crippen MR) is 93.9 cm³/mol. The molecule has 0 aromatic heterocycles. The number of carbonyl (C=O) groups excluding carboxylic acids is 2. The molecule has 26 heavy (non-hydrogen) atoms. The number of hydrogen-bond acceptors (Lipinski definition) is 5. The number of nitro benzene ring substituents is 1. The molecule has 1 aliphatic rings. The summed E-state index contributed by atoms with van der Waals surface area (Å²) in [6, 6.07) is 12.2. The van der Waals surface area contributed by atoms with E-state index in [1.54, 1.807) is 30.3 Å². The van der Waals surface area contributed by atoms with E-state index in [0.29, 0.717) is 5.56 Å². The summed E-state index contributed by atoms with van der Waals surface area (Å²) in [5.41, 5.74) is -0.264. The van der Waals surface area contributed by atoms with E-state index in [1.807, 2.05) is 0 Å². The minimum atomic E-state index is -1.21. The van der Waals surface area contributed by atoms with E-state index in [-0.39, 0.29) is 16.6 Å². The van der Waals surface area contributed by atoms with Gasteiger partial charge in [0.1, 0.15) is 5.56 Å². The monoisotopic (exact) mass is 374 g/mol. The summed E-state index contributed by atoms with van der Waals surface area (Å²) >= 11 is 5.85. The molecule has 1 amide bonds. The maximum absolute atomic E-state index is 12.5. The number of nitro groups is 1. The van der Waals surface area contributed by atoms with Gasteiger partial charge in [0, 0.05) is 22.7 Å². The van der Waals surface area contributed by atoms with Gasteiger partial charge in [0.25, 0.3) is 11.6 Å². The Bertz CT molecular complexity index is 852. The van der Waals surface area contributed by atoms with Gasteiger partial charge in [0.15, 0.2) is 0 Å². The SMILES string of the molecule is O=C(O[C@H](C(=O)NC1CC1)c1ccccc1)c1cc(Cl)ccc1[N+](=O)[O-]. The van der Waals surface area contributed by atoms with Crippen molar-refractivity contribution in [3.63, 3.8) is 0 Å². The van der Waals surface area contributed by atoms with Crippen LogP contribution in [0.3, 0.4) is 0 Å². The fourth-order valence-corrected chi connectivity index (χ4v) is 2.58. The molecule has 134 valence electrons. The maximum Gasteiger partial charge on any atom is 0.346 e. The van der Waals surface area contributed by atoms with E-state index in [9.17, 15) is 19.7 Å². The second-order valence-corrected chi connectivity index (χ2v) is 6.33. The Kier molecular flexibility index (Phi) is 5.18. The molecule has 0 unspecified atom stereocenters. The Morgan fingerprint density at radius 1 is 1.19 bits per heavy atom. The van der Waals surface area contributed by atoms with Crippen LogP contribution in [0.4, 0.5) is 5.69 Å². The third-order valence-corrected chi connectivity index (χ3v) is 4.10. The van der Waals surface area contributed by atoms with Crippen molar-refractivity contribution >= 4 is 29.2 Å². The van der Waals surface area contributed by atoms with Crippen LogP contribution in [0.15, 0.2) is 48.5 Å². The number of benzene rings is 2. The summed E-state index contributed by atoms with van der Waals surface area (Å²) in [6.07, 6.45) is 0.546. The fourth-order valence-electron chi connectivity index (χ4n) is 2.41. The van der Waals surface area contributed by atoms with Crippen molar-refractivity contribution in [3.8, 4) is 0 Å². The third-order valence-electron chi connectivity index (χ3n) is 3.86.